The number of sulfonamides is 1. The summed E-state index contributed by atoms with van der Waals surface area (Å²) in [6.07, 6.45) is 1.33. The lowest BCUT2D eigenvalue weighted by Crippen LogP contribution is -2.46. The van der Waals surface area contributed by atoms with E-state index in [1.807, 2.05) is 0 Å². The van der Waals surface area contributed by atoms with E-state index >= 15 is 0 Å². The largest absolute Gasteiger partial charge is 0.486 e. The monoisotopic (exact) mass is 507 g/mol. The van der Waals surface area contributed by atoms with E-state index in [1.165, 1.54) is 28.4 Å². The van der Waals surface area contributed by atoms with Gasteiger partial charge in [0.25, 0.3) is 0 Å². The molecule has 0 aromatic heterocycles. The van der Waals surface area contributed by atoms with E-state index in [2.05, 4.69) is 5.32 Å². The molecule has 0 fully saturated rings. The lowest BCUT2D eigenvalue weighted by Gasteiger charge is -2.29. The highest BCUT2D eigenvalue weighted by molar-refractivity contribution is 7.92. The Kier molecular flexibility index (Phi) is 8.55. The van der Waals surface area contributed by atoms with Crippen LogP contribution in [0.2, 0.25) is 0 Å². The minimum absolute atomic E-state index is 0.0130. The maximum Gasteiger partial charge on any atom is 0.242 e. The predicted molar refractivity (Wildman–Crippen MR) is 129 cm³/mol. The second-order valence-corrected chi connectivity index (χ2v) is 10.1. The standard InChI is InChI=1S/C24H30FN3O6S/c1-17(24(30)26-2)27(16-18-6-8-19(25)9-7-18)23(29)5-4-12-28(35(3,31)32)20-10-11-21-22(15-20)34-14-13-33-21/h6-11,15,17H,4-5,12-14,16H2,1-3H3,(H,26,30)/t17-/m0/s1. The van der Waals surface area contributed by atoms with Crippen molar-refractivity contribution in [1.82, 2.24) is 10.2 Å². The maximum absolute atomic E-state index is 13.3. The maximum atomic E-state index is 13.3. The van der Waals surface area contributed by atoms with Gasteiger partial charge < -0.3 is 19.7 Å². The number of hydrogen-bond acceptors (Lipinski definition) is 6. The Morgan fingerprint density at radius 1 is 1.09 bits per heavy atom. The zero-order valence-electron chi connectivity index (χ0n) is 20.0. The highest BCUT2D eigenvalue weighted by atomic mass is 32.2. The third-order valence-electron chi connectivity index (χ3n) is 5.65. The van der Waals surface area contributed by atoms with Crippen LogP contribution >= 0.6 is 0 Å². The molecule has 35 heavy (non-hydrogen) atoms. The molecule has 1 aliphatic rings. The molecule has 0 spiro atoms. The van der Waals surface area contributed by atoms with Crippen molar-refractivity contribution >= 4 is 27.5 Å². The molecular formula is C24H30FN3O6S. The molecule has 2 aromatic carbocycles. The van der Waals surface area contributed by atoms with Gasteiger partial charge in [-0.15, -0.1) is 0 Å². The number of halogens is 1. The first-order valence-corrected chi connectivity index (χ1v) is 13.1. The van der Waals surface area contributed by atoms with Crippen molar-refractivity contribution in [3.63, 3.8) is 0 Å². The molecule has 0 saturated heterocycles. The molecule has 0 unspecified atom stereocenters. The van der Waals surface area contributed by atoms with Crippen molar-refractivity contribution in [1.29, 1.82) is 0 Å². The fourth-order valence-corrected chi connectivity index (χ4v) is 4.73. The summed E-state index contributed by atoms with van der Waals surface area (Å²) in [5, 5.41) is 2.53. The highest BCUT2D eigenvalue weighted by Crippen LogP contribution is 2.34. The van der Waals surface area contributed by atoms with Gasteiger partial charge in [0, 0.05) is 32.6 Å². The van der Waals surface area contributed by atoms with Gasteiger partial charge in [-0.05, 0) is 43.2 Å². The zero-order chi connectivity index (χ0) is 25.6. The molecule has 0 aliphatic carbocycles. The number of nitrogens with zero attached hydrogens (tertiary/aromatic N) is 2. The molecule has 1 atom stereocenters. The summed E-state index contributed by atoms with van der Waals surface area (Å²) in [5.41, 5.74) is 1.08. The number of amides is 2. The Hall–Kier alpha value is -3.34. The molecule has 11 heteroatoms. The molecule has 0 saturated carbocycles. The van der Waals surface area contributed by atoms with Gasteiger partial charge >= 0.3 is 0 Å². The molecule has 190 valence electrons. The average molecular weight is 508 g/mol. The summed E-state index contributed by atoms with van der Waals surface area (Å²) in [7, 11) is -2.15. The quantitative estimate of drug-likeness (QED) is 0.529. The van der Waals surface area contributed by atoms with Crippen LogP contribution in [0.15, 0.2) is 42.5 Å². The van der Waals surface area contributed by atoms with E-state index in [1.54, 1.807) is 37.3 Å². The van der Waals surface area contributed by atoms with Crippen LogP contribution in [0.1, 0.15) is 25.3 Å². The van der Waals surface area contributed by atoms with E-state index < -0.39 is 21.9 Å². The minimum Gasteiger partial charge on any atom is -0.486 e. The van der Waals surface area contributed by atoms with Gasteiger partial charge in [-0.3, -0.25) is 13.9 Å². The van der Waals surface area contributed by atoms with Gasteiger partial charge in [0.05, 0.1) is 11.9 Å². The summed E-state index contributed by atoms with van der Waals surface area (Å²) in [6.45, 7) is 2.58. The van der Waals surface area contributed by atoms with Crippen LogP contribution in [0.4, 0.5) is 10.1 Å². The second kappa shape index (κ2) is 11.4. The summed E-state index contributed by atoms with van der Waals surface area (Å²) < 4.78 is 50.5. The molecule has 1 aliphatic heterocycles. The smallest absolute Gasteiger partial charge is 0.242 e. The van der Waals surface area contributed by atoms with Gasteiger partial charge in [-0.25, -0.2) is 12.8 Å². The first-order chi connectivity index (χ1) is 16.6. The number of nitrogens with one attached hydrogen (secondary N) is 1. The summed E-state index contributed by atoms with van der Waals surface area (Å²) in [4.78, 5) is 26.7. The van der Waals surface area contributed by atoms with Crippen molar-refractivity contribution in [3.8, 4) is 11.5 Å². The molecule has 1 N–H and O–H groups in total. The van der Waals surface area contributed by atoms with E-state index in [-0.39, 0.29) is 37.7 Å². The Bertz CT molecular complexity index is 1160. The molecule has 3 rings (SSSR count). The van der Waals surface area contributed by atoms with Gasteiger partial charge in [0.15, 0.2) is 11.5 Å². The molecule has 2 aromatic rings. The molecular weight excluding hydrogens is 477 g/mol. The lowest BCUT2D eigenvalue weighted by atomic mass is 10.1. The van der Waals surface area contributed by atoms with Gasteiger partial charge in [0.2, 0.25) is 21.8 Å². The first kappa shape index (κ1) is 26.3. The predicted octanol–water partition coefficient (Wildman–Crippen LogP) is 2.31. The van der Waals surface area contributed by atoms with Crippen molar-refractivity contribution in [2.24, 2.45) is 0 Å². The third-order valence-corrected chi connectivity index (χ3v) is 6.84. The zero-order valence-corrected chi connectivity index (χ0v) is 20.8. The average Bonchev–Trinajstić information content (AvgIpc) is 2.84. The van der Waals surface area contributed by atoms with E-state index in [4.69, 9.17) is 9.47 Å². The molecule has 1 heterocycles. The van der Waals surface area contributed by atoms with Crippen LogP contribution in [0.3, 0.4) is 0 Å². The van der Waals surface area contributed by atoms with Crippen molar-refractivity contribution in [2.75, 3.05) is 37.4 Å². The van der Waals surface area contributed by atoms with Crippen LogP contribution in [0.5, 0.6) is 11.5 Å². The number of rotatable bonds is 10. The summed E-state index contributed by atoms with van der Waals surface area (Å²) >= 11 is 0. The van der Waals surface area contributed by atoms with E-state index in [9.17, 15) is 22.4 Å². The van der Waals surface area contributed by atoms with Crippen LogP contribution in [-0.4, -0.2) is 64.2 Å². The van der Waals surface area contributed by atoms with Crippen LogP contribution in [-0.2, 0) is 26.2 Å². The number of carbonyl (C=O) groups excluding carboxylic acids is 2. The van der Waals surface area contributed by atoms with Gasteiger partial charge in [-0.2, -0.15) is 0 Å². The van der Waals surface area contributed by atoms with Crippen molar-refractivity contribution in [3.05, 3.63) is 53.8 Å². The Balaban J connectivity index is 1.72. The van der Waals surface area contributed by atoms with Crippen molar-refractivity contribution < 1.29 is 31.9 Å². The Morgan fingerprint density at radius 2 is 1.74 bits per heavy atom. The molecule has 2 amide bonds. The van der Waals surface area contributed by atoms with Crippen LogP contribution < -0.4 is 19.1 Å². The number of fused-ring (bicyclic) bond motifs is 1. The highest BCUT2D eigenvalue weighted by Gasteiger charge is 2.26. The van der Waals surface area contributed by atoms with Gasteiger partial charge in [-0.1, -0.05) is 12.1 Å². The fraction of sp³-hybridized carbons (Fsp3) is 0.417. The lowest BCUT2D eigenvalue weighted by molar-refractivity contribution is -0.140. The van der Waals surface area contributed by atoms with Crippen LogP contribution in [0, 0.1) is 5.82 Å². The fourth-order valence-electron chi connectivity index (χ4n) is 3.77. The first-order valence-electron chi connectivity index (χ1n) is 11.2. The SMILES string of the molecule is CNC(=O)[C@H](C)N(Cc1ccc(F)cc1)C(=O)CCCN(c1ccc2c(c1)OCCO2)S(C)(=O)=O. The number of carbonyl (C=O) groups is 2. The van der Waals surface area contributed by atoms with Crippen LogP contribution in [0.25, 0.3) is 0 Å². The van der Waals surface area contributed by atoms with Crippen molar-refractivity contribution in [2.45, 2.75) is 32.4 Å². The molecule has 9 nitrogen and oxygen atoms in total. The van der Waals surface area contributed by atoms with E-state index in [0.717, 1.165) is 6.26 Å². The summed E-state index contributed by atoms with van der Waals surface area (Å²) in [5.74, 6) is -0.0480. The number of hydrogen-bond donors (Lipinski definition) is 1. The van der Waals surface area contributed by atoms with Gasteiger partial charge in [0.1, 0.15) is 25.1 Å². The summed E-state index contributed by atoms with van der Waals surface area (Å²) in [6, 6.07) is 9.82. The topological polar surface area (TPSA) is 105 Å². The number of likely N-dealkylation sites (N-methyl/N-ethyl adjacent to an activating group) is 1. The second-order valence-electron chi connectivity index (χ2n) is 8.20. The molecule has 0 radical (unpaired) electrons. The third kappa shape index (κ3) is 6.84. The number of ether oxygens (including phenoxy) is 2. The van der Waals surface area contributed by atoms with E-state index in [0.29, 0.717) is 36.0 Å². The minimum atomic E-state index is -3.64. The molecule has 0 bridgehead atoms. The Morgan fingerprint density at radius 3 is 2.37 bits per heavy atom. The Labute approximate surface area is 204 Å². The number of benzene rings is 2. The normalized spacial score (nSPS) is 13.6. The number of anilines is 1.